The number of carbonyl (C=O) groups excluding carboxylic acids is 1. The van der Waals surface area contributed by atoms with Gasteiger partial charge in [-0.3, -0.25) is 4.79 Å². The Balaban J connectivity index is 2.40. The van der Waals surface area contributed by atoms with Crippen LogP contribution in [0.5, 0.6) is 0 Å². The maximum Gasteiger partial charge on any atom is 0.227 e. The van der Waals surface area contributed by atoms with Gasteiger partial charge in [-0.15, -0.1) is 11.8 Å². The minimum absolute atomic E-state index is 0.287. The molecule has 2 aromatic rings. The summed E-state index contributed by atoms with van der Waals surface area (Å²) in [6, 6.07) is 8.05. The number of aromatic nitrogens is 1. The molecule has 0 radical (unpaired) electrons. The third-order valence-corrected chi connectivity index (χ3v) is 3.44. The molecule has 0 bridgehead atoms. The molecule has 0 spiro atoms. The molecule has 0 atom stereocenters. The van der Waals surface area contributed by atoms with Gasteiger partial charge >= 0.3 is 0 Å². The number of hydrogen-bond acceptors (Lipinski definition) is 2. The lowest BCUT2D eigenvalue weighted by atomic mass is 10.2. The Morgan fingerprint density at radius 1 is 1.47 bits per heavy atom. The van der Waals surface area contributed by atoms with Crippen molar-refractivity contribution in [2.45, 2.75) is 11.8 Å². The summed E-state index contributed by atoms with van der Waals surface area (Å²) in [5.74, 6) is 0.0348. The number of rotatable bonds is 3. The van der Waals surface area contributed by atoms with Crippen LogP contribution >= 0.6 is 11.8 Å². The average Bonchev–Trinajstić information content (AvgIpc) is 2.50. The average molecular weight is 220 g/mol. The SMILES string of the molecule is Cc1[nH]c2ccccc2c1SCC(N)=O. The van der Waals surface area contributed by atoms with E-state index in [9.17, 15) is 4.79 Å². The van der Waals surface area contributed by atoms with Crippen LogP contribution in [-0.2, 0) is 4.79 Å². The summed E-state index contributed by atoms with van der Waals surface area (Å²) in [4.78, 5) is 15.1. The molecule has 15 heavy (non-hydrogen) atoms. The molecule has 1 aromatic carbocycles. The molecule has 1 aromatic heterocycles. The summed E-state index contributed by atoms with van der Waals surface area (Å²) in [5.41, 5.74) is 7.32. The number of aryl methyl sites for hydroxylation is 1. The summed E-state index contributed by atoms with van der Waals surface area (Å²) in [6.45, 7) is 2.00. The molecule has 0 aliphatic heterocycles. The largest absolute Gasteiger partial charge is 0.369 e. The van der Waals surface area contributed by atoms with E-state index >= 15 is 0 Å². The van der Waals surface area contributed by atoms with Crippen LogP contribution < -0.4 is 5.73 Å². The van der Waals surface area contributed by atoms with Crippen LogP contribution in [0, 0.1) is 6.92 Å². The van der Waals surface area contributed by atoms with Gasteiger partial charge in [0.05, 0.1) is 5.75 Å². The van der Waals surface area contributed by atoms with Crippen LogP contribution in [0.2, 0.25) is 0 Å². The van der Waals surface area contributed by atoms with E-state index in [0.717, 1.165) is 21.5 Å². The first-order valence-electron chi connectivity index (χ1n) is 4.67. The van der Waals surface area contributed by atoms with E-state index < -0.39 is 0 Å². The van der Waals surface area contributed by atoms with Gasteiger partial charge in [0.15, 0.2) is 0 Å². The molecule has 2 rings (SSSR count). The molecule has 0 aliphatic rings. The van der Waals surface area contributed by atoms with Gasteiger partial charge in [0.2, 0.25) is 5.91 Å². The fourth-order valence-corrected chi connectivity index (χ4v) is 2.47. The molecule has 1 amide bonds. The fraction of sp³-hybridized carbons (Fsp3) is 0.182. The molecule has 0 aliphatic carbocycles. The normalized spacial score (nSPS) is 10.7. The van der Waals surface area contributed by atoms with Crippen LogP contribution in [0.1, 0.15) is 5.69 Å². The van der Waals surface area contributed by atoms with Gasteiger partial charge in [0, 0.05) is 21.5 Å². The summed E-state index contributed by atoms with van der Waals surface area (Å²) in [6.07, 6.45) is 0. The van der Waals surface area contributed by atoms with Crippen molar-refractivity contribution in [1.82, 2.24) is 4.98 Å². The number of nitrogens with two attached hydrogens (primary N) is 1. The maximum atomic E-state index is 10.7. The Morgan fingerprint density at radius 2 is 2.20 bits per heavy atom. The Bertz CT molecular complexity index is 504. The summed E-state index contributed by atoms with van der Waals surface area (Å²) >= 11 is 1.49. The van der Waals surface area contributed by atoms with Crippen LogP contribution in [0.4, 0.5) is 0 Å². The molecule has 0 fully saturated rings. The predicted molar refractivity (Wildman–Crippen MR) is 63.0 cm³/mol. The number of carbonyl (C=O) groups is 1. The number of para-hydroxylation sites is 1. The first kappa shape index (κ1) is 10.1. The minimum Gasteiger partial charge on any atom is -0.369 e. The van der Waals surface area contributed by atoms with Crippen LogP contribution in [0.25, 0.3) is 10.9 Å². The Kier molecular flexibility index (Phi) is 2.68. The van der Waals surface area contributed by atoms with Crippen molar-refractivity contribution in [2.75, 3.05) is 5.75 Å². The smallest absolute Gasteiger partial charge is 0.227 e. The van der Waals surface area contributed by atoms with E-state index in [0.29, 0.717) is 5.75 Å². The zero-order valence-corrected chi connectivity index (χ0v) is 9.23. The van der Waals surface area contributed by atoms with Crippen molar-refractivity contribution in [3.63, 3.8) is 0 Å². The molecular weight excluding hydrogens is 208 g/mol. The van der Waals surface area contributed by atoms with Gasteiger partial charge in [0.1, 0.15) is 0 Å². The number of H-pyrrole nitrogens is 1. The van der Waals surface area contributed by atoms with Crippen molar-refractivity contribution in [1.29, 1.82) is 0 Å². The highest BCUT2D eigenvalue weighted by molar-refractivity contribution is 8.00. The van der Waals surface area contributed by atoms with Crippen LogP contribution in [0.15, 0.2) is 29.2 Å². The van der Waals surface area contributed by atoms with Crippen molar-refractivity contribution < 1.29 is 4.79 Å². The van der Waals surface area contributed by atoms with Gasteiger partial charge in [0.25, 0.3) is 0 Å². The second kappa shape index (κ2) is 3.98. The first-order chi connectivity index (χ1) is 7.18. The minimum atomic E-state index is -0.287. The van der Waals surface area contributed by atoms with E-state index in [1.165, 1.54) is 11.8 Å². The molecule has 4 heteroatoms. The van der Waals surface area contributed by atoms with Gasteiger partial charge < -0.3 is 10.7 Å². The van der Waals surface area contributed by atoms with Gasteiger partial charge in [-0.1, -0.05) is 18.2 Å². The van der Waals surface area contributed by atoms with E-state index in [-0.39, 0.29) is 5.91 Å². The molecule has 0 saturated carbocycles. The van der Waals surface area contributed by atoms with Crippen LogP contribution in [0.3, 0.4) is 0 Å². The van der Waals surface area contributed by atoms with Crippen molar-refractivity contribution >= 4 is 28.6 Å². The van der Waals surface area contributed by atoms with Gasteiger partial charge in [-0.2, -0.15) is 0 Å². The molecule has 1 heterocycles. The zero-order chi connectivity index (χ0) is 10.8. The monoisotopic (exact) mass is 220 g/mol. The topological polar surface area (TPSA) is 58.9 Å². The second-order valence-electron chi connectivity index (χ2n) is 3.38. The summed E-state index contributed by atoms with van der Waals surface area (Å²) in [5, 5.41) is 1.15. The Hall–Kier alpha value is -1.42. The molecule has 78 valence electrons. The van der Waals surface area contributed by atoms with E-state index in [1.54, 1.807) is 0 Å². The van der Waals surface area contributed by atoms with Crippen LogP contribution in [-0.4, -0.2) is 16.6 Å². The van der Waals surface area contributed by atoms with Crippen molar-refractivity contribution in [3.05, 3.63) is 30.0 Å². The fourth-order valence-electron chi connectivity index (χ4n) is 1.58. The highest BCUT2D eigenvalue weighted by atomic mass is 32.2. The molecule has 0 saturated heterocycles. The highest BCUT2D eigenvalue weighted by Gasteiger charge is 2.08. The number of fused-ring (bicyclic) bond motifs is 1. The number of hydrogen-bond donors (Lipinski definition) is 2. The number of amides is 1. The lowest BCUT2D eigenvalue weighted by Crippen LogP contribution is -2.12. The standard InChI is InChI=1S/C11H12N2OS/c1-7-11(15-6-10(12)14)8-4-2-3-5-9(8)13-7/h2-5,13H,6H2,1H3,(H2,12,14). The predicted octanol–water partition coefficient (Wildman–Crippen LogP) is 2.05. The number of thioether (sulfide) groups is 1. The zero-order valence-electron chi connectivity index (χ0n) is 8.41. The third kappa shape index (κ3) is 1.99. The van der Waals surface area contributed by atoms with E-state index in [1.807, 2.05) is 31.2 Å². The van der Waals surface area contributed by atoms with Gasteiger partial charge in [-0.25, -0.2) is 0 Å². The number of aromatic amines is 1. The summed E-state index contributed by atoms with van der Waals surface area (Å²) < 4.78 is 0. The number of primary amides is 1. The van der Waals surface area contributed by atoms with Crippen molar-refractivity contribution in [3.8, 4) is 0 Å². The molecular formula is C11H12N2OS. The van der Waals surface area contributed by atoms with Crippen molar-refractivity contribution in [2.24, 2.45) is 5.73 Å². The summed E-state index contributed by atoms with van der Waals surface area (Å²) in [7, 11) is 0. The Labute approximate surface area is 92.0 Å². The second-order valence-corrected chi connectivity index (χ2v) is 4.37. The number of nitrogens with one attached hydrogen (secondary N) is 1. The maximum absolute atomic E-state index is 10.7. The molecule has 3 nitrogen and oxygen atoms in total. The van der Waals surface area contributed by atoms with E-state index in [4.69, 9.17) is 5.73 Å². The highest BCUT2D eigenvalue weighted by Crippen LogP contribution is 2.30. The number of benzene rings is 1. The van der Waals surface area contributed by atoms with Gasteiger partial charge in [-0.05, 0) is 13.0 Å². The van der Waals surface area contributed by atoms with E-state index in [2.05, 4.69) is 4.98 Å². The quantitative estimate of drug-likeness (QED) is 0.778. The molecule has 0 unspecified atom stereocenters. The first-order valence-corrected chi connectivity index (χ1v) is 5.65. The lowest BCUT2D eigenvalue weighted by Gasteiger charge is -1.98. The Morgan fingerprint density at radius 3 is 2.93 bits per heavy atom. The lowest BCUT2D eigenvalue weighted by molar-refractivity contribution is -0.115. The molecule has 3 N–H and O–H groups in total. The third-order valence-electron chi connectivity index (χ3n) is 2.19.